The maximum atomic E-state index is 13.5. The van der Waals surface area contributed by atoms with Gasteiger partial charge in [0.1, 0.15) is 0 Å². The first-order valence-electron chi connectivity index (χ1n) is 9.78. The zero-order chi connectivity index (χ0) is 28.1. The van der Waals surface area contributed by atoms with Crippen LogP contribution in [0.4, 0.5) is 55.7 Å². The Morgan fingerprint density at radius 3 is 1.81 bits per heavy atom. The number of rotatable bonds is 10. The minimum Gasteiger partial charge on any atom is -0.417 e. The third-order valence-electron chi connectivity index (χ3n) is 4.54. The number of aryl methyl sites for hydroxylation is 1. The fraction of sp³-hybridized carbons (Fsp3) is 0.611. The quantitative estimate of drug-likeness (QED) is 0.0780. The van der Waals surface area contributed by atoms with Gasteiger partial charge in [0, 0.05) is 11.6 Å². The smallest absolute Gasteiger partial charge is 0.417 e. The number of unbranched alkanes of at least 4 members (excludes halogenated alkanes) is 2. The van der Waals surface area contributed by atoms with Crippen molar-refractivity contribution in [3.05, 3.63) is 37.9 Å². The minimum atomic E-state index is -6.41. The van der Waals surface area contributed by atoms with Gasteiger partial charge in [-0.1, -0.05) is 19.8 Å². The van der Waals surface area contributed by atoms with Crippen molar-refractivity contribution in [2.45, 2.75) is 69.6 Å². The van der Waals surface area contributed by atoms with Gasteiger partial charge in [-0.25, -0.2) is 4.79 Å². The molecular weight excluding hydrogens is 527 g/mol. The second-order valence-electron chi connectivity index (χ2n) is 7.45. The van der Waals surface area contributed by atoms with Crippen LogP contribution < -0.4 is 4.74 Å². The van der Waals surface area contributed by atoms with E-state index in [0.717, 1.165) is 0 Å². The van der Waals surface area contributed by atoms with E-state index < -0.39 is 75.7 Å². The molecule has 0 radical (unpaired) electrons. The third-order valence-corrected chi connectivity index (χ3v) is 4.54. The molecule has 0 unspecified atom stereocenters. The summed E-state index contributed by atoms with van der Waals surface area (Å²) in [4.78, 5) is 32.1. The Hall–Kier alpha value is -3.34. The van der Waals surface area contributed by atoms with Crippen LogP contribution in [0.15, 0.2) is 12.1 Å². The molecule has 0 aliphatic heterocycles. The summed E-state index contributed by atoms with van der Waals surface area (Å²) in [6, 6.07) is 0.905. The van der Waals surface area contributed by atoms with Crippen LogP contribution in [0.5, 0.6) is 5.75 Å². The van der Waals surface area contributed by atoms with Crippen LogP contribution in [0, 0.1) is 20.2 Å². The molecule has 0 aromatic heterocycles. The molecule has 0 N–H and O–H groups in total. The molecule has 36 heavy (non-hydrogen) atoms. The van der Waals surface area contributed by atoms with Gasteiger partial charge in [-0.3, -0.25) is 20.2 Å². The molecule has 0 spiro atoms. The van der Waals surface area contributed by atoms with Crippen LogP contribution >= 0.6 is 0 Å². The average molecular weight is 544 g/mol. The predicted octanol–water partition coefficient (Wildman–Crippen LogP) is 6.96. The minimum absolute atomic E-state index is 0.162. The summed E-state index contributed by atoms with van der Waals surface area (Å²) in [7, 11) is 0. The maximum Gasteiger partial charge on any atom is 0.515 e. The van der Waals surface area contributed by atoms with Crippen molar-refractivity contribution in [3.63, 3.8) is 0 Å². The number of alkyl halides is 9. The van der Waals surface area contributed by atoms with Crippen molar-refractivity contribution in [3.8, 4) is 5.75 Å². The van der Waals surface area contributed by atoms with Crippen LogP contribution in [0.25, 0.3) is 0 Å². The van der Waals surface area contributed by atoms with Crippen LogP contribution in [0.2, 0.25) is 0 Å². The lowest BCUT2D eigenvalue weighted by molar-refractivity contribution is -0.394. The summed E-state index contributed by atoms with van der Waals surface area (Å²) in [6.07, 6.45) is -26.8. The van der Waals surface area contributed by atoms with Gasteiger partial charge < -0.3 is 9.47 Å². The van der Waals surface area contributed by atoms with Crippen LogP contribution in [0.3, 0.4) is 0 Å². The van der Waals surface area contributed by atoms with Gasteiger partial charge in [-0.15, -0.1) is 0 Å². The highest BCUT2D eigenvalue weighted by Gasteiger charge is 2.67. The van der Waals surface area contributed by atoms with Crippen molar-refractivity contribution < 1.29 is 63.6 Å². The van der Waals surface area contributed by atoms with E-state index >= 15 is 0 Å². The van der Waals surface area contributed by atoms with E-state index in [1.807, 2.05) is 0 Å². The number of nitrogens with zero attached hydrogens (tertiary/aromatic N) is 2. The first kappa shape index (κ1) is 30.7. The van der Waals surface area contributed by atoms with Gasteiger partial charge in [-0.2, -0.15) is 39.5 Å². The van der Waals surface area contributed by atoms with Crippen molar-refractivity contribution in [1.82, 2.24) is 0 Å². The predicted molar refractivity (Wildman–Crippen MR) is 100 cm³/mol. The molecule has 0 heterocycles. The monoisotopic (exact) mass is 544 g/mol. The van der Waals surface area contributed by atoms with Gasteiger partial charge in [0.25, 0.3) is 5.69 Å². The zero-order valence-corrected chi connectivity index (χ0v) is 18.1. The van der Waals surface area contributed by atoms with Crippen molar-refractivity contribution in [2.24, 2.45) is 0 Å². The highest BCUT2D eigenvalue weighted by Crippen LogP contribution is 2.48. The summed E-state index contributed by atoms with van der Waals surface area (Å²) in [5.41, 5.74) is -7.91. The van der Waals surface area contributed by atoms with Gasteiger partial charge in [0.15, 0.2) is 0 Å². The summed E-state index contributed by atoms with van der Waals surface area (Å²) in [6.45, 7) is 1.71. The summed E-state index contributed by atoms with van der Waals surface area (Å²) in [5, 5.41) is 22.4. The molecule has 9 nitrogen and oxygen atoms in total. The van der Waals surface area contributed by atoms with E-state index in [-0.39, 0.29) is 18.9 Å². The Bertz CT molecular complexity index is 959. The third kappa shape index (κ3) is 8.71. The number of non-ortho nitro benzene ring substituents is 1. The molecule has 0 atom stereocenters. The molecule has 0 aliphatic carbocycles. The van der Waals surface area contributed by atoms with Crippen molar-refractivity contribution >= 4 is 17.5 Å². The molecule has 1 aromatic rings. The lowest BCUT2D eigenvalue weighted by atomic mass is 9.93. The molecule has 204 valence electrons. The van der Waals surface area contributed by atoms with Gasteiger partial charge >= 0.3 is 30.4 Å². The number of nitro groups is 2. The Morgan fingerprint density at radius 1 is 0.889 bits per heavy atom. The lowest BCUT2D eigenvalue weighted by Gasteiger charge is -2.35. The normalized spacial score (nSPS) is 12.8. The molecule has 0 fully saturated rings. The highest BCUT2D eigenvalue weighted by atomic mass is 19.4. The number of carbonyl (C=O) groups is 1. The molecule has 18 heteroatoms. The molecule has 0 aliphatic rings. The Labute approximate surface area is 195 Å². The standard InChI is InChI=1S/C18H17F9N2O7/c1-2-3-4-5-10-6-11(28(31)32)7-12(29(33)34)13(10)35-14(30)36-15(18(25,26)27,8-16(19,20)21)9-17(22,23)24/h6-7H,2-5,8-9H2,1H3. The number of halogens is 9. The fourth-order valence-corrected chi connectivity index (χ4v) is 3.07. The molecular formula is C18H17F9N2O7. The number of benzene rings is 1. The van der Waals surface area contributed by atoms with E-state index in [9.17, 15) is 64.5 Å². The molecule has 0 saturated heterocycles. The average Bonchev–Trinajstić information content (AvgIpc) is 2.64. The lowest BCUT2D eigenvalue weighted by Crippen LogP contribution is -2.54. The van der Waals surface area contributed by atoms with Crippen molar-refractivity contribution in [1.29, 1.82) is 0 Å². The second-order valence-corrected chi connectivity index (χ2v) is 7.45. The maximum absolute atomic E-state index is 13.5. The van der Waals surface area contributed by atoms with E-state index in [0.29, 0.717) is 18.9 Å². The van der Waals surface area contributed by atoms with Crippen LogP contribution in [0.1, 0.15) is 44.6 Å². The number of nitro benzene ring substituents is 2. The van der Waals surface area contributed by atoms with Crippen LogP contribution in [-0.4, -0.2) is 40.1 Å². The SMILES string of the molecule is CCCCCc1cc([N+](=O)[O-])cc([N+](=O)[O-])c1OC(=O)OC(CC(F)(F)F)(CC(F)(F)F)C(F)(F)F. The largest absolute Gasteiger partial charge is 0.515 e. The highest BCUT2D eigenvalue weighted by molar-refractivity contribution is 5.70. The number of carbonyl (C=O) groups excluding carboxylic acids is 1. The van der Waals surface area contributed by atoms with Gasteiger partial charge in [-0.05, 0) is 12.8 Å². The first-order valence-corrected chi connectivity index (χ1v) is 9.78. The zero-order valence-electron chi connectivity index (χ0n) is 18.1. The van der Waals surface area contributed by atoms with Crippen molar-refractivity contribution in [2.75, 3.05) is 0 Å². The van der Waals surface area contributed by atoms with Gasteiger partial charge in [0.05, 0.1) is 28.8 Å². The van der Waals surface area contributed by atoms with Gasteiger partial charge in [0.2, 0.25) is 11.4 Å². The fourth-order valence-electron chi connectivity index (χ4n) is 3.07. The number of hydrogen-bond acceptors (Lipinski definition) is 7. The number of hydrogen-bond donors (Lipinski definition) is 0. The molecule has 0 saturated carbocycles. The molecule has 0 amide bonds. The Kier molecular flexibility index (Phi) is 9.51. The second kappa shape index (κ2) is 11.2. The van der Waals surface area contributed by atoms with Crippen LogP contribution in [-0.2, 0) is 11.2 Å². The molecule has 1 rings (SSSR count). The molecule has 0 bridgehead atoms. The summed E-state index contributed by atoms with van der Waals surface area (Å²) < 4.78 is 125. The summed E-state index contributed by atoms with van der Waals surface area (Å²) in [5.74, 6) is -1.22. The van der Waals surface area contributed by atoms with E-state index in [1.165, 1.54) is 0 Å². The topological polar surface area (TPSA) is 122 Å². The number of ether oxygens (including phenoxy) is 2. The van der Waals surface area contributed by atoms with E-state index in [1.54, 1.807) is 6.92 Å². The summed E-state index contributed by atoms with van der Waals surface area (Å²) >= 11 is 0. The van der Waals surface area contributed by atoms with E-state index in [4.69, 9.17) is 0 Å². The Morgan fingerprint density at radius 2 is 1.42 bits per heavy atom. The Balaban J connectivity index is 3.58. The first-order chi connectivity index (χ1) is 16.2. The molecule has 1 aromatic carbocycles. The van der Waals surface area contributed by atoms with E-state index in [2.05, 4.69) is 9.47 Å².